The number of carboxylic acid groups (broad SMARTS) is 1. The number of aliphatic carboxylic acids is 1. The SMILES string of the molecule is C[C@H](NC(=O)[C@H](C)NC(=O)[C@H](CCCN=C(N)N)NC(=O)[C@H](CO)NC(=O)[C@H](CCCN=C(N)N)NC(=O)CNC(=O)[C@H](CCCNC(N)=O)NC(=O)[C@H](CCCCN)NC(=O)[C@H](CCCNC(N)=O)NC(=O)[C@H](CCCCN)NC(=O)[C@H](CCC(N)=O)NC(=O)[C@@H](N)Cc1cnc[nH]1)C(=O)O. The maximum atomic E-state index is 14.5. The molecule has 0 saturated heterocycles. The van der Waals surface area contributed by atoms with Gasteiger partial charge in [-0.15, -0.1) is 0 Å². The second-order valence-corrected chi connectivity index (χ2v) is 23.5. The lowest BCUT2D eigenvalue weighted by molar-refractivity contribution is -0.141. The molecule has 0 radical (unpaired) electrons. The number of aromatic nitrogens is 2. The minimum Gasteiger partial charge on any atom is -0.480 e. The molecule has 1 heterocycles. The van der Waals surface area contributed by atoms with Gasteiger partial charge in [0.25, 0.3) is 0 Å². The van der Waals surface area contributed by atoms with E-state index in [1.807, 2.05) is 0 Å². The van der Waals surface area contributed by atoms with Crippen LogP contribution in [0.25, 0.3) is 0 Å². The van der Waals surface area contributed by atoms with E-state index < -0.39 is 169 Å². The minimum absolute atomic E-state index is 0.00616. The molecule has 1 aromatic rings. The Balaban J connectivity index is 3.62. The zero-order valence-electron chi connectivity index (χ0n) is 57.3. The van der Waals surface area contributed by atoms with Crippen LogP contribution in [0.1, 0.15) is 122 Å². The number of aromatic amines is 1. The van der Waals surface area contributed by atoms with Crippen LogP contribution in [0.3, 0.4) is 0 Å². The summed E-state index contributed by atoms with van der Waals surface area (Å²) in [7, 11) is 0. The van der Waals surface area contributed by atoms with Crippen molar-refractivity contribution in [2.75, 3.05) is 52.4 Å². The molecule has 0 aliphatic rings. The predicted molar refractivity (Wildman–Crippen MR) is 366 cm³/mol. The minimum atomic E-state index is -1.82. The number of carbonyl (C=O) groups excluding carboxylic acids is 14. The Kier molecular flexibility index (Phi) is 43.5. The van der Waals surface area contributed by atoms with E-state index in [1.165, 1.54) is 26.4 Å². The molecule has 0 saturated carbocycles. The maximum absolute atomic E-state index is 14.5. The molecule has 102 heavy (non-hydrogen) atoms. The van der Waals surface area contributed by atoms with Gasteiger partial charge in [-0.3, -0.25) is 72.3 Å². The van der Waals surface area contributed by atoms with Crippen LogP contribution in [0.2, 0.25) is 0 Å². The summed E-state index contributed by atoms with van der Waals surface area (Å²) in [6.45, 7) is 0.420. The van der Waals surface area contributed by atoms with Gasteiger partial charge in [0.05, 0.1) is 25.5 Å². The lowest BCUT2D eigenvalue weighted by Gasteiger charge is -2.27. The first kappa shape index (κ1) is 89.3. The number of nitrogens with two attached hydrogens (primary N) is 10. The number of nitrogens with zero attached hydrogens (tertiary/aromatic N) is 3. The molecule has 11 atom stereocenters. The molecule has 0 aliphatic carbocycles. The number of aliphatic hydroxyl groups excluding tert-OH is 1. The van der Waals surface area contributed by atoms with Gasteiger partial charge in [0.1, 0.15) is 60.4 Å². The number of rotatable bonds is 53. The average Bonchev–Trinajstić information content (AvgIpc) is 0.964. The Hall–Kier alpha value is -10.8. The highest BCUT2D eigenvalue weighted by Gasteiger charge is 2.35. The number of aliphatic hydroxyl groups is 1. The highest BCUT2D eigenvalue weighted by molar-refractivity contribution is 5.99. The van der Waals surface area contributed by atoms with E-state index in [0.29, 0.717) is 18.5 Å². The monoisotopic (exact) mass is 1450 g/mol. The Morgan fingerprint density at radius 2 is 0.824 bits per heavy atom. The van der Waals surface area contributed by atoms with Crippen LogP contribution in [0.4, 0.5) is 9.59 Å². The van der Waals surface area contributed by atoms with Crippen molar-refractivity contribution in [1.29, 1.82) is 0 Å². The molecular weight excluding hydrogens is 1350 g/mol. The van der Waals surface area contributed by atoms with Crippen molar-refractivity contribution in [3.8, 4) is 0 Å². The van der Waals surface area contributed by atoms with E-state index in [1.54, 1.807) is 0 Å². The fraction of sp³-hybridized carbons (Fsp3) is 0.655. The summed E-state index contributed by atoms with van der Waals surface area (Å²) in [5.41, 5.74) is 55.8. The third-order valence-electron chi connectivity index (χ3n) is 14.9. The number of urea groups is 2. The molecule has 0 bridgehead atoms. The Morgan fingerprint density at radius 3 is 1.22 bits per heavy atom. The van der Waals surface area contributed by atoms with Crippen LogP contribution in [-0.2, 0) is 68.7 Å². The van der Waals surface area contributed by atoms with E-state index in [0.717, 1.165) is 0 Å². The third-order valence-corrected chi connectivity index (χ3v) is 14.9. The van der Waals surface area contributed by atoms with E-state index in [-0.39, 0.29) is 147 Å². The highest BCUT2D eigenvalue weighted by atomic mass is 16.4. The first-order valence-corrected chi connectivity index (χ1v) is 33.0. The number of carbonyl (C=O) groups is 15. The number of hydrogen-bond acceptors (Lipinski definition) is 22. The van der Waals surface area contributed by atoms with Crippen LogP contribution in [0.5, 0.6) is 0 Å². The van der Waals surface area contributed by atoms with Gasteiger partial charge in [0.15, 0.2) is 11.9 Å². The van der Waals surface area contributed by atoms with Gasteiger partial charge in [0, 0.05) is 50.9 Å². The van der Waals surface area contributed by atoms with Gasteiger partial charge in [0.2, 0.25) is 70.9 Å². The van der Waals surface area contributed by atoms with Gasteiger partial charge < -0.3 is 142 Å². The number of unbranched alkanes of at least 4 members (excludes halogenated alkanes) is 2. The molecule has 0 aliphatic heterocycles. The Morgan fingerprint density at radius 1 is 0.451 bits per heavy atom. The van der Waals surface area contributed by atoms with Crippen molar-refractivity contribution in [3.05, 3.63) is 18.2 Å². The van der Waals surface area contributed by atoms with E-state index in [2.05, 4.69) is 89.1 Å². The summed E-state index contributed by atoms with van der Waals surface area (Å²) in [4.78, 5) is 213. The molecule has 1 aromatic heterocycles. The van der Waals surface area contributed by atoms with Crippen LogP contribution in [0, 0.1) is 0 Å². The summed E-state index contributed by atoms with van der Waals surface area (Å²) in [6.07, 6.45) is 2.17. The molecule has 44 heteroatoms. The molecule has 1 rings (SSSR count). The van der Waals surface area contributed by atoms with Gasteiger partial charge in [-0.2, -0.15) is 0 Å². The molecule has 0 fully saturated rings. The number of aliphatic imine (C=N–C) groups is 2. The first-order valence-electron chi connectivity index (χ1n) is 33.0. The lowest BCUT2D eigenvalue weighted by atomic mass is 10.0. The van der Waals surface area contributed by atoms with E-state index in [4.69, 9.17) is 57.3 Å². The van der Waals surface area contributed by atoms with Crippen LogP contribution >= 0.6 is 0 Å². The number of nitrogens with one attached hydrogen (secondary N) is 14. The highest BCUT2D eigenvalue weighted by Crippen LogP contribution is 2.11. The van der Waals surface area contributed by atoms with E-state index >= 15 is 0 Å². The van der Waals surface area contributed by atoms with Crippen LogP contribution in [-0.4, -0.2) is 240 Å². The summed E-state index contributed by atoms with van der Waals surface area (Å²) < 4.78 is 0. The number of amides is 16. The summed E-state index contributed by atoms with van der Waals surface area (Å²) in [6, 6.07) is -18.0. The summed E-state index contributed by atoms with van der Waals surface area (Å²) in [5, 5.41) is 51.1. The summed E-state index contributed by atoms with van der Waals surface area (Å²) >= 11 is 0. The second kappa shape index (κ2) is 49.7. The zero-order chi connectivity index (χ0) is 76.9. The second-order valence-electron chi connectivity index (χ2n) is 23.5. The average molecular weight is 1450 g/mol. The molecular formula is C58H105N27O17. The lowest BCUT2D eigenvalue weighted by Crippen LogP contribution is -2.60. The van der Waals surface area contributed by atoms with Crippen LogP contribution < -0.4 is 126 Å². The van der Waals surface area contributed by atoms with Gasteiger partial charge in [-0.25, -0.2) is 14.6 Å². The maximum Gasteiger partial charge on any atom is 0.325 e. The van der Waals surface area contributed by atoms with Crippen LogP contribution in [0.15, 0.2) is 22.5 Å². The van der Waals surface area contributed by atoms with Gasteiger partial charge in [-0.05, 0) is 123 Å². The molecule has 44 nitrogen and oxygen atoms in total. The first-order chi connectivity index (χ1) is 48.2. The topological polar surface area (TPSA) is 766 Å². The smallest absolute Gasteiger partial charge is 0.325 e. The van der Waals surface area contributed by atoms with Crippen molar-refractivity contribution < 1.29 is 82.1 Å². The van der Waals surface area contributed by atoms with Gasteiger partial charge in [-0.1, -0.05) is 0 Å². The van der Waals surface area contributed by atoms with E-state index in [9.17, 15) is 82.1 Å². The molecule has 0 unspecified atom stereocenters. The fourth-order valence-corrected chi connectivity index (χ4v) is 9.34. The van der Waals surface area contributed by atoms with Crippen molar-refractivity contribution in [2.45, 2.75) is 189 Å². The fourth-order valence-electron chi connectivity index (χ4n) is 9.34. The summed E-state index contributed by atoms with van der Waals surface area (Å²) in [5.74, 6) is -13.5. The predicted octanol–water partition coefficient (Wildman–Crippen LogP) is -11.1. The number of H-pyrrole nitrogens is 1. The number of guanidine groups is 2. The van der Waals surface area contributed by atoms with Gasteiger partial charge >= 0.3 is 18.0 Å². The molecule has 36 N–H and O–H groups in total. The zero-order valence-corrected chi connectivity index (χ0v) is 57.3. The standard InChI is InChI=1S/C58H105N27O17/c1-30(44(89)77-31(2)54(99)100)76-47(92)38(15-8-22-71-56(65)66)84-53(98)41(28-86)85-48(93)35(14-7-21-70-55(63)64)78-43(88)27-74-46(91)34(13-9-23-72-57(67)101)80-49(94)36(11-3-5-19-59)81-51(96)39(16-10-24-73-58(68)102)83-50(95)37(12-4-6-20-60)82-52(97)40(17-18-42(62)87)79-45(90)33(61)25-32-26-69-29-75-32/h26,29-31,33-41,86H,3-25,27-28,59-61H2,1-2H3,(H2,62,87)(H,69,75)(H,74,91)(H,76,92)(H,77,89)(H,78,88)(H,79,90)(H,80,94)(H,81,96)(H,82,97)(H,83,95)(H,84,98)(H,85,93)(H,99,100)(H4,63,64,70)(H4,65,66,71)(H3,67,72,101)(H3,68,73,102)/t30-,31-,33-,34-,35-,36-,37-,38-,39-,40-,41-/m0/s1. The number of primary amides is 3. The largest absolute Gasteiger partial charge is 0.480 e. The molecule has 16 amide bonds. The quantitative estimate of drug-likeness (QED) is 0.0164. The molecule has 0 aromatic carbocycles. The Labute approximate surface area is 587 Å². The number of carboxylic acids is 1. The normalized spacial score (nSPS) is 14.1. The number of imidazole rings is 1. The molecule has 0 spiro atoms. The number of hydrogen-bond donors (Lipinski definition) is 26. The Bertz CT molecular complexity index is 2970. The van der Waals surface area contributed by atoms with Crippen molar-refractivity contribution in [1.82, 2.24) is 79.1 Å². The third kappa shape index (κ3) is 38.6. The molecule has 574 valence electrons. The van der Waals surface area contributed by atoms with Crippen molar-refractivity contribution >= 4 is 101 Å². The van der Waals surface area contributed by atoms with Crippen molar-refractivity contribution in [3.63, 3.8) is 0 Å². The van der Waals surface area contributed by atoms with Crippen molar-refractivity contribution in [2.24, 2.45) is 67.3 Å².